The third-order valence-electron chi connectivity index (χ3n) is 5.82. The van der Waals surface area contributed by atoms with E-state index in [1.165, 1.54) is 12.1 Å². The molecule has 2 aliphatic rings. The molecule has 0 bridgehead atoms. The topological polar surface area (TPSA) is 48.5 Å². The molecule has 1 aromatic heterocycles. The molecular weight excluding hydrogens is 374 g/mol. The average molecular weight is 400 g/mol. The third kappa shape index (κ3) is 4.10. The Morgan fingerprint density at radius 2 is 1.97 bits per heavy atom. The van der Waals surface area contributed by atoms with E-state index in [0.29, 0.717) is 13.1 Å². The van der Waals surface area contributed by atoms with E-state index >= 15 is 0 Å². The standard InChI is InChI=1S/C22H26F2N4O/c1-22(2)14-28(19-4-3-9-25-20(19)22)21(29)26-16-7-10-27(11-8-16)13-15-5-6-17(23)18(24)12-15/h3-6,9,12,16H,7-8,10-11,13-14H2,1-2H3,(H,26,29). The smallest absolute Gasteiger partial charge is 0.322 e. The van der Waals surface area contributed by atoms with Crippen LogP contribution in [0.15, 0.2) is 36.5 Å². The number of pyridine rings is 1. The highest BCUT2D eigenvalue weighted by atomic mass is 19.2. The second-order valence-electron chi connectivity index (χ2n) is 8.59. The summed E-state index contributed by atoms with van der Waals surface area (Å²) in [6.45, 7) is 6.99. The fourth-order valence-corrected chi connectivity index (χ4v) is 4.26. The minimum absolute atomic E-state index is 0.0797. The van der Waals surface area contributed by atoms with Crippen molar-refractivity contribution in [3.05, 3.63) is 59.4 Å². The fourth-order valence-electron chi connectivity index (χ4n) is 4.26. The van der Waals surface area contributed by atoms with Crippen LogP contribution in [0.25, 0.3) is 0 Å². The summed E-state index contributed by atoms with van der Waals surface area (Å²) in [5.74, 6) is -1.63. The van der Waals surface area contributed by atoms with Crippen molar-refractivity contribution in [2.75, 3.05) is 24.5 Å². The van der Waals surface area contributed by atoms with E-state index in [9.17, 15) is 13.6 Å². The predicted molar refractivity (Wildman–Crippen MR) is 108 cm³/mol. The Morgan fingerprint density at radius 1 is 1.21 bits per heavy atom. The lowest BCUT2D eigenvalue weighted by molar-refractivity contribution is 0.188. The van der Waals surface area contributed by atoms with E-state index in [1.54, 1.807) is 17.2 Å². The number of amides is 2. The molecule has 29 heavy (non-hydrogen) atoms. The number of hydrogen-bond acceptors (Lipinski definition) is 3. The summed E-state index contributed by atoms with van der Waals surface area (Å²) in [7, 11) is 0. The summed E-state index contributed by atoms with van der Waals surface area (Å²) in [6, 6.07) is 7.87. The maximum atomic E-state index is 13.4. The van der Waals surface area contributed by atoms with Gasteiger partial charge in [0.25, 0.3) is 0 Å². The van der Waals surface area contributed by atoms with Gasteiger partial charge < -0.3 is 5.32 Å². The molecular formula is C22H26F2N4O. The van der Waals surface area contributed by atoms with Gasteiger partial charge >= 0.3 is 6.03 Å². The van der Waals surface area contributed by atoms with Gasteiger partial charge in [0.1, 0.15) is 0 Å². The SMILES string of the molecule is CC1(C)CN(C(=O)NC2CCN(Cc3ccc(F)c(F)c3)CC2)c2cccnc21. The summed E-state index contributed by atoms with van der Waals surface area (Å²) in [5.41, 5.74) is 2.43. The molecule has 1 saturated heterocycles. The molecule has 0 spiro atoms. The van der Waals surface area contributed by atoms with Gasteiger partial charge in [-0.3, -0.25) is 14.8 Å². The monoisotopic (exact) mass is 400 g/mol. The van der Waals surface area contributed by atoms with Gasteiger partial charge in [0, 0.05) is 43.8 Å². The van der Waals surface area contributed by atoms with Crippen molar-refractivity contribution >= 4 is 11.7 Å². The molecule has 2 aliphatic heterocycles. The molecule has 5 nitrogen and oxygen atoms in total. The number of rotatable bonds is 3. The number of aromatic nitrogens is 1. The van der Waals surface area contributed by atoms with Crippen LogP contribution in [0.4, 0.5) is 19.3 Å². The van der Waals surface area contributed by atoms with Gasteiger partial charge in [-0.2, -0.15) is 0 Å². The molecule has 4 rings (SSSR count). The number of piperidine rings is 1. The van der Waals surface area contributed by atoms with Gasteiger partial charge in [-0.05, 0) is 42.7 Å². The zero-order chi connectivity index (χ0) is 20.6. The molecule has 154 valence electrons. The molecule has 3 heterocycles. The summed E-state index contributed by atoms with van der Waals surface area (Å²) in [4.78, 5) is 21.4. The maximum absolute atomic E-state index is 13.4. The lowest BCUT2D eigenvalue weighted by Gasteiger charge is -2.33. The zero-order valence-corrected chi connectivity index (χ0v) is 16.8. The normalized spacial score (nSPS) is 19.2. The van der Waals surface area contributed by atoms with Gasteiger partial charge in [0.05, 0.1) is 11.4 Å². The number of urea groups is 1. The van der Waals surface area contributed by atoms with Crippen LogP contribution in [0.5, 0.6) is 0 Å². The fraction of sp³-hybridized carbons (Fsp3) is 0.455. The second-order valence-corrected chi connectivity index (χ2v) is 8.59. The highest BCUT2D eigenvalue weighted by Crippen LogP contribution is 2.38. The van der Waals surface area contributed by atoms with Crippen LogP contribution in [0.3, 0.4) is 0 Å². The van der Waals surface area contributed by atoms with Gasteiger partial charge in [-0.1, -0.05) is 19.9 Å². The minimum Gasteiger partial charge on any atom is -0.335 e. The molecule has 1 fully saturated rings. The van der Waals surface area contributed by atoms with Crippen LogP contribution < -0.4 is 10.2 Å². The number of benzene rings is 1. The lowest BCUT2D eigenvalue weighted by atomic mass is 9.91. The van der Waals surface area contributed by atoms with Gasteiger partial charge in [-0.25, -0.2) is 13.6 Å². The number of nitrogens with one attached hydrogen (secondary N) is 1. The molecule has 2 aromatic rings. The second kappa shape index (κ2) is 7.71. The van der Waals surface area contributed by atoms with Crippen molar-refractivity contribution in [1.82, 2.24) is 15.2 Å². The van der Waals surface area contributed by atoms with Crippen LogP contribution in [0.1, 0.15) is 37.9 Å². The third-order valence-corrected chi connectivity index (χ3v) is 5.82. The van der Waals surface area contributed by atoms with E-state index in [2.05, 4.69) is 29.0 Å². The quantitative estimate of drug-likeness (QED) is 0.852. The van der Waals surface area contributed by atoms with E-state index in [4.69, 9.17) is 0 Å². The maximum Gasteiger partial charge on any atom is 0.322 e. The van der Waals surface area contributed by atoms with Crippen molar-refractivity contribution in [3.8, 4) is 0 Å². The van der Waals surface area contributed by atoms with E-state index < -0.39 is 11.6 Å². The summed E-state index contributed by atoms with van der Waals surface area (Å²) in [6.07, 6.45) is 3.42. The first-order chi connectivity index (χ1) is 13.8. The number of nitrogens with zero attached hydrogens (tertiary/aromatic N) is 3. The van der Waals surface area contributed by atoms with Crippen LogP contribution >= 0.6 is 0 Å². The van der Waals surface area contributed by atoms with E-state index in [1.807, 2.05) is 12.1 Å². The van der Waals surface area contributed by atoms with Gasteiger partial charge in [0.15, 0.2) is 11.6 Å². The molecule has 0 saturated carbocycles. The first kappa shape index (κ1) is 19.8. The van der Waals surface area contributed by atoms with Gasteiger partial charge in [0.2, 0.25) is 0 Å². The van der Waals surface area contributed by atoms with Crippen LogP contribution in [0.2, 0.25) is 0 Å². The molecule has 0 unspecified atom stereocenters. The Morgan fingerprint density at radius 3 is 2.69 bits per heavy atom. The van der Waals surface area contributed by atoms with Crippen LogP contribution in [-0.2, 0) is 12.0 Å². The first-order valence-corrected chi connectivity index (χ1v) is 10.0. The Labute approximate surface area is 169 Å². The molecule has 0 aliphatic carbocycles. The number of carbonyl (C=O) groups excluding carboxylic acids is 1. The highest BCUT2D eigenvalue weighted by molar-refractivity contribution is 5.94. The lowest BCUT2D eigenvalue weighted by Crippen LogP contribution is -2.49. The first-order valence-electron chi connectivity index (χ1n) is 10.0. The minimum atomic E-state index is -0.822. The summed E-state index contributed by atoms with van der Waals surface area (Å²) >= 11 is 0. The molecule has 0 atom stereocenters. The Kier molecular flexibility index (Phi) is 5.25. The Hall–Kier alpha value is -2.54. The number of hydrogen-bond donors (Lipinski definition) is 1. The van der Waals surface area contributed by atoms with Crippen molar-refractivity contribution in [2.24, 2.45) is 0 Å². The van der Waals surface area contributed by atoms with Crippen molar-refractivity contribution in [1.29, 1.82) is 0 Å². The Balaban J connectivity index is 1.32. The largest absolute Gasteiger partial charge is 0.335 e. The highest BCUT2D eigenvalue weighted by Gasteiger charge is 2.39. The molecule has 7 heteroatoms. The van der Waals surface area contributed by atoms with E-state index in [-0.39, 0.29) is 17.5 Å². The number of likely N-dealkylation sites (tertiary alicyclic amines) is 1. The zero-order valence-electron chi connectivity index (χ0n) is 16.8. The van der Waals surface area contributed by atoms with Crippen molar-refractivity contribution in [2.45, 2.75) is 44.7 Å². The average Bonchev–Trinajstić information content (AvgIpc) is 2.98. The Bertz CT molecular complexity index is 909. The molecule has 1 N–H and O–H groups in total. The number of halogens is 2. The summed E-state index contributed by atoms with van der Waals surface area (Å²) in [5, 5.41) is 3.16. The van der Waals surface area contributed by atoms with Crippen LogP contribution in [0, 0.1) is 11.6 Å². The summed E-state index contributed by atoms with van der Waals surface area (Å²) < 4.78 is 26.5. The van der Waals surface area contributed by atoms with Crippen molar-refractivity contribution < 1.29 is 13.6 Å². The number of anilines is 1. The van der Waals surface area contributed by atoms with E-state index in [0.717, 1.165) is 42.9 Å². The predicted octanol–water partition coefficient (Wildman–Crippen LogP) is 3.83. The molecule has 2 amide bonds. The molecule has 0 radical (unpaired) electrons. The van der Waals surface area contributed by atoms with Crippen molar-refractivity contribution in [3.63, 3.8) is 0 Å². The molecule has 1 aromatic carbocycles. The van der Waals surface area contributed by atoms with Crippen LogP contribution in [-0.4, -0.2) is 41.6 Å². The number of fused-ring (bicyclic) bond motifs is 1. The number of carbonyl (C=O) groups is 1. The van der Waals surface area contributed by atoms with Gasteiger partial charge in [-0.15, -0.1) is 0 Å².